The number of anilines is 1. The van der Waals surface area contributed by atoms with Gasteiger partial charge in [0.05, 0.1) is 0 Å². The highest BCUT2D eigenvalue weighted by atomic mass is 16.5. The molecule has 0 aliphatic carbocycles. The third kappa shape index (κ3) is 3.20. The minimum absolute atomic E-state index is 0.750. The predicted octanol–water partition coefficient (Wildman–Crippen LogP) is 2.23. The van der Waals surface area contributed by atoms with E-state index in [9.17, 15) is 0 Å². The fraction of sp³-hybridized carbons (Fsp3) is 0.583. The van der Waals surface area contributed by atoms with Crippen LogP contribution in [0.2, 0.25) is 0 Å². The van der Waals surface area contributed by atoms with Gasteiger partial charge in [0, 0.05) is 37.3 Å². The van der Waals surface area contributed by atoms with Gasteiger partial charge in [0.2, 0.25) is 0 Å². The smallest absolute Gasteiger partial charge is 0.0495 e. The third-order valence-corrected chi connectivity index (χ3v) is 2.80. The summed E-state index contributed by atoms with van der Waals surface area (Å²) in [5, 5.41) is 3.42. The van der Waals surface area contributed by atoms with Crippen molar-refractivity contribution in [2.24, 2.45) is 5.92 Å². The SMILES string of the molecule is Cc1cc(NCCC2CCOC2)ccn1. The Kier molecular flexibility index (Phi) is 3.56. The molecule has 1 aliphatic heterocycles. The van der Waals surface area contributed by atoms with Crippen molar-refractivity contribution in [2.45, 2.75) is 19.8 Å². The molecule has 1 aliphatic rings. The molecule has 0 aromatic carbocycles. The first-order chi connectivity index (χ1) is 7.34. The highest BCUT2D eigenvalue weighted by molar-refractivity contribution is 5.42. The van der Waals surface area contributed by atoms with E-state index in [1.54, 1.807) is 0 Å². The molecular weight excluding hydrogens is 188 g/mol. The van der Waals surface area contributed by atoms with Crippen LogP contribution in [0.1, 0.15) is 18.5 Å². The molecule has 2 heterocycles. The Labute approximate surface area is 90.9 Å². The Hall–Kier alpha value is -1.09. The molecule has 1 aromatic heterocycles. The van der Waals surface area contributed by atoms with E-state index >= 15 is 0 Å². The Balaban J connectivity index is 1.73. The van der Waals surface area contributed by atoms with Crippen LogP contribution >= 0.6 is 0 Å². The van der Waals surface area contributed by atoms with E-state index in [0.717, 1.165) is 31.4 Å². The maximum absolute atomic E-state index is 5.34. The van der Waals surface area contributed by atoms with Gasteiger partial charge < -0.3 is 10.1 Å². The van der Waals surface area contributed by atoms with Gasteiger partial charge in [-0.2, -0.15) is 0 Å². The van der Waals surface area contributed by atoms with Gasteiger partial charge in [-0.05, 0) is 37.8 Å². The highest BCUT2D eigenvalue weighted by Crippen LogP contribution is 2.16. The lowest BCUT2D eigenvalue weighted by atomic mass is 10.1. The number of nitrogens with zero attached hydrogens (tertiary/aromatic N) is 1. The molecule has 1 aromatic rings. The molecule has 1 N–H and O–H groups in total. The van der Waals surface area contributed by atoms with Crippen LogP contribution in [-0.2, 0) is 4.74 Å². The van der Waals surface area contributed by atoms with E-state index < -0.39 is 0 Å². The van der Waals surface area contributed by atoms with Crippen LogP contribution in [0.4, 0.5) is 5.69 Å². The van der Waals surface area contributed by atoms with E-state index in [1.165, 1.54) is 18.5 Å². The number of aromatic nitrogens is 1. The molecule has 3 nitrogen and oxygen atoms in total. The third-order valence-electron chi connectivity index (χ3n) is 2.80. The van der Waals surface area contributed by atoms with Gasteiger partial charge >= 0.3 is 0 Å². The molecule has 2 rings (SSSR count). The van der Waals surface area contributed by atoms with Gasteiger partial charge in [0.25, 0.3) is 0 Å². The molecule has 3 heteroatoms. The summed E-state index contributed by atoms with van der Waals surface area (Å²) < 4.78 is 5.34. The number of rotatable bonds is 4. The Morgan fingerprint density at radius 2 is 2.53 bits per heavy atom. The summed E-state index contributed by atoms with van der Waals surface area (Å²) in [6.07, 6.45) is 4.26. The van der Waals surface area contributed by atoms with Crippen molar-refractivity contribution in [1.29, 1.82) is 0 Å². The standard InChI is InChI=1S/C12H18N2O/c1-10-8-12(3-6-13-10)14-5-2-11-4-7-15-9-11/h3,6,8,11H,2,4-5,7,9H2,1H3,(H,13,14). The molecule has 1 atom stereocenters. The zero-order valence-corrected chi connectivity index (χ0v) is 9.20. The quantitative estimate of drug-likeness (QED) is 0.820. The first-order valence-electron chi connectivity index (χ1n) is 5.59. The number of hydrogen-bond donors (Lipinski definition) is 1. The Morgan fingerprint density at radius 1 is 1.60 bits per heavy atom. The van der Waals surface area contributed by atoms with Crippen molar-refractivity contribution in [3.8, 4) is 0 Å². The maximum Gasteiger partial charge on any atom is 0.0495 e. The second kappa shape index (κ2) is 5.12. The Morgan fingerprint density at radius 3 is 3.27 bits per heavy atom. The Bertz CT molecular complexity index is 308. The van der Waals surface area contributed by atoms with Crippen LogP contribution in [0, 0.1) is 12.8 Å². The van der Waals surface area contributed by atoms with Gasteiger partial charge in [-0.15, -0.1) is 0 Å². The fourth-order valence-corrected chi connectivity index (χ4v) is 1.89. The predicted molar refractivity (Wildman–Crippen MR) is 61.0 cm³/mol. The van der Waals surface area contributed by atoms with Crippen LogP contribution in [0.25, 0.3) is 0 Å². The molecule has 0 bridgehead atoms. The molecule has 0 spiro atoms. The van der Waals surface area contributed by atoms with Crippen molar-refractivity contribution in [2.75, 3.05) is 25.1 Å². The second-order valence-corrected chi connectivity index (χ2v) is 4.13. The number of nitrogens with one attached hydrogen (secondary N) is 1. The lowest BCUT2D eigenvalue weighted by Gasteiger charge is -2.09. The summed E-state index contributed by atoms with van der Waals surface area (Å²) in [5.74, 6) is 0.750. The summed E-state index contributed by atoms with van der Waals surface area (Å²) in [6.45, 7) is 4.92. The fourth-order valence-electron chi connectivity index (χ4n) is 1.89. The van der Waals surface area contributed by atoms with Gasteiger partial charge in [-0.25, -0.2) is 0 Å². The summed E-state index contributed by atoms with van der Waals surface area (Å²) >= 11 is 0. The number of aryl methyl sites for hydroxylation is 1. The topological polar surface area (TPSA) is 34.1 Å². The lowest BCUT2D eigenvalue weighted by Crippen LogP contribution is -2.09. The average molecular weight is 206 g/mol. The van der Waals surface area contributed by atoms with Crippen LogP contribution in [0.5, 0.6) is 0 Å². The van der Waals surface area contributed by atoms with Crippen molar-refractivity contribution in [3.05, 3.63) is 24.0 Å². The largest absolute Gasteiger partial charge is 0.385 e. The number of hydrogen-bond acceptors (Lipinski definition) is 3. The maximum atomic E-state index is 5.34. The molecular formula is C12H18N2O. The van der Waals surface area contributed by atoms with Crippen LogP contribution in [-0.4, -0.2) is 24.7 Å². The van der Waals surface area contributed by atoms with E-state index in [-0.39, 0.29) is 0 Å². The second-order valence-electron chi connectivity index (χ2n) is 4.13. The van der Waals surface area contributed by atoms with Gasteiger partial charge in [0.15, 0.2) is 0 Å². The minimum Gasteiger partial charge on any atom is -0.385 e. The minimum atomic E-state index is 0.750. The normalized spacial score (nSPS) is 20.5. The van der Waals surface area contributed by atoms with E-state index in [0.29, 0.717) is 0 Å². The molecule has 0 radical (unpaired) electrons. The molecule has 1 saturated heterocycles. The van der Waals surface area contributed by atoms with Crippen LogP contribution in [0.3, 0.4) is 0 Å². The molecule has 0 saturated carbocycles. The van der Waals surface area contributed by atoms with Crippen LogP contribution < -0.4 is 5.32 Å². The van der Waals surface area contributed by atoms with Gasteiger partial charge in [0.1, 0.15) is 0 Å². The molecule has 0 amide bonds. The first kappa shape index (κ1) is 10.4. The summed E-state index contributed by atoms with van der Waals surface area (Å²) in [7, 11) is 0. The molecule has 82 valence electrons. The summed E-state index contributed by atoms with van der Waals surface area (Å²) in [6, 6.07) is 4.09. The average Bonchev–Trinajstić information content (AvgIpc) is 2.71. The van der Waals surface area contributed by atoms with Crippen molar-refractivity contribution in [1.82, 2.24) is 4.98 Å². The molecule has 1 fully saturated rings. The monoisotopic (exact) mass is 206 g/mol. The molecule has 15 heavy (non-hydrogen) atoms. The first-order valence-corrected chi connectivity index (χ1v) is 5.59. The van der Waals surface area contributed by atoms with E-state index in [4.69, 9.17) is 4.74 Å². The summed E-state index contributed by atoms with van der Waals surface area (Å²) in [5.41, 5.74) is 2.23. The van der Waals surface area contributed by atoms with Crippen molar-refractivity contribution in [3.63, 3.8) is 0 Å². The molecule has 1 unspecified atom stereocenters. The highest BCUT2D eigenvalue weighted by Gasteiger charge is 2.14. The van der Waals surface area contributed by atoms with Crippen molar-refractivity contribution >= 4 is 5.69 Å². The van der Waals surface area contributed by atoms with Gasteiger partial charge in [-0.3, -0.25) is 4.98 Å². The lowest BCUT2D eigenvalue weighted by molar-refractivity contribution is 0.185. The zero-order valence-electron chi connectivity index (χ0n) is 9.20. The number of pyridine rings is 1. The number of ether oxygens (including phenoxy) is 1. The van der Waals surface area contributed by atoms with Crippen LogP contribution in [0.15, 0.2) is 18.3 Å². The van der Waals surface area contributed by atoms with E-state index in [2.05, 4.69) is 16.4 Å². The zero-order chi connectivity index (χ0) is 10.5. The van der Waals surface area contributed by atoms with Gasteiger partial charge in [-0.1, -0.05) is 0 Å². The summed E-state index contributed by atoms with van der Waals surface area (Å²) in [4.78, 5) is 4.17. The van der Waals surface area contributed by atoms with E-state index in [1.807, 2.05) is 19.2 Å². The van der Waals surface area contributed by atoms with Crippen molar-refractivity contribution < 1.29 is 4.74 Å².